The Bertz CT molecular complexity index is 693. The van der Waals surface area contributed by atoms with Gasteiger partial charge in [-0.05, 0) is 37.1 Å². The Kier molecular flexibility index (Phi) is 4.29. The van der Waals surface area contributed by atoms with Crippen molar-refractivity contribution in [1.82, 2.24) is 4.57 Å². The summed E-state index contributed by atoms with van der Waals surface area (Å²) in [5.41, 5.74) is 1.81. The number of ether oxygens (including phenoxy) is 1. The van der Waals surface area contributed by atoms with E-state index < -0.39 is 0 Å². The number of hydrogen-bond donors (Lipinski definition) is 0. The molecule has 3 rings (SSSR count). The van der Waals surface area contributed by atoms with Crippen LogP contribution in [0, 0.1) is 5.92 Å². The quantitative estimate of drug-likeness (QED) is 0.804. The molecule has 0 bridgehead atoms. The number of aromatic nitrogens is 1. The van der Waals surface area contributed by atoms with E-state index in [-0.39, 0.29) is 11.5 Å². The topological polar surface area (TPSA) is 31.2 Å². The van der Waals surface area contributed by atoms with Crippen LogP contribution in [0.4, 0.5) is 0 Å². The summed E-state index contributed by atoms with van der Waals surface area (Å²) in [5.74, 6) is 1.25. The van der Waals surface area contributed by atoms with Gasteiger partial charge in [0.25, 0.3) is 0 Å². The minimum atomic E-state index is -0.379. The highest BCUT2D eigenvalue weighted by Crippen LogP contribution is 2.42. The van der Waals surface area contributed by atoms with Gasteiger partial charge >= 0.3 is 0 Å². The van der Waals surface area contributed by atoms with E-state index in [1.54, 1.807) is 7.11 Å². The molecule has 122 valence electrons. The van der Waals surface area contributed by atoms with Gasteiger partial charge in [-0.1, -0.05) is 38.8 Å². The number of carbonyl (C=O) groups excluding carboxylic acids is 1. The highest BCUT2D eigenvalue weighted by atomic mass is 16.5. The van der Waals surface area contributed by atoms with E-state index in [9.17, 15) is 4.79 Å². The predicted molar refractivity (Wildman–Crippen MR) is 92.7 cm³/mol. The lowest BCUT2D eigenvalue weighted by atomic mass is 9.85. The van der Waals surface area contributed by atoms with Crippen molar-refractivity contribution in [3.8, 4) is 17.0 Å². The normalized spacial score (nSPS) is 16.7. The minimum Gasteiger partial charge on any atom is -0.497 e. The third-order valence-electron chi connectivity index (χ3n) is 4.99. The van der Waals surface area contributed by atoms with Gasteiger partial charge in [0, 0.05) is 23.4 Å². The molecule has 0 radical (unpaired) electrons. The SMILES string of the molecule is COc1cccc(-c2cccn2C2(C(=O)C(C)C)CCCC2)c1. The van der Waals surface area contributed by atoms with Gasteiger partial charge in [0.15, 0.2) is 5.78 Å². The fourth-order valence-corrected chi connectivity index (χ4v) is 3.88. The summed E-state index contributed by atoms with van der Waals surface area (Å²) in [7, 11) is 1.68. The van der Waals surface area contributed by atoms with Gasteiger partial charge in [-0.2, -0.15) is 0 Å². The lowest BCUT2D eigenvalue weighted by Crippen LogP contribution is -2.41. The number of rotatable bonds is 5. The summed E-state index contributed by atoms with van der Waals surface area (Å²) in [6.07, 6.45) is 6.19. The Morgan fingerprint density at radius 2 is 1.91 bits per heavy atom. The Hall–Kier alpha value is -2.03. The summed E-state index contributed by atoms with van der Waals surface area (Å²) in [4.78, 5) is 13.0. The first-order valence-electron chi connectivity index (χ1n) is 8.45. The zero-order valence-corrected chi connectivity index (χ0v) is 14.2. The highest BCUT2D eigenvalue weighted by Gasteiger charge is 2.44. The molecule has 0 N–H and O–H groups in total. The highest BCUT2D eigenvalue weighted by molar-refractivity contribution is 5.89. The standard InChI is InChI=1S/C20H25NO2/c1-15(2)19(22)20(11-4-5-12-20)21-13-7-10-18(21)16-8-6-9-17(14-16)23-3/h6-10,13-15H,4-5,11-12H2,1-3H3. The Labute approximate surface area is 138 Å². The van der Waals surface area contributed by atoms with Crippen LogP contribution in [0.2, 0.25) is 0 Å². The van der Waals surface area contributed by atoms with Gasteiger partial charge in [-0.15, -0.1) is 0 Å². The summed E-state index contributed by atoms with van der Waals surface area (Å²) in [6, 6.07) is 12.2. The maximum atomic E-state index is 13.0. The van der Waals surface area contributed by atoms with E-state index in [1.165, 1.54) is 0 Å². The van der Waals surface area contributed by atoms with Crippen molar-refractivity contribution in [3.05, 3.63) is 42.6 Å². The summed E-state index contributed by atoms with van der Waals surface area (Å²) in [5, 5.41) is 0. The number of hydrogen-bond acceptors (Lipinski definition) is 2. The first-order chi connectivity index (χ1) is 11.1. The number of ketones is 1. The molecule has 3 heteroatoms. The third-order valence-corrected chi connectivity index (χ3v) is 4.99. The molecule has 1 saturated carbocycles. The average molecular weight is 311 g/mol. The van der Waals surface area contributed by atoms with Crippen LogP contribution >= 0.6 is 0 Å². The second-order valence-electron chi connectivity index (χ2n) is 6.75. The second-order valence-corrected chi connectivity index (χ2v) is 6.75. The number of benzene rings is 1. The maximum absolute atomic E-state index is 13.0. The van der Waals surface area contributed by atoms with Crippen LogP contribution < -0.4 is 4.74 Å². The first kappa shape index (κ1) is 15.9. The minimum absolute atomic E-state index is 0.0497. The first-order valence-corrected chi connectivity index (χ1v) is 8.45. The van der Waals surface area contributed by atoms with E-state index in [4.69, 9.17) is 4.74 Å². The van der Waals surface area contributed by atoms with E-state index in [0.717, 1.165) is 42.7 Å². The molecular formula is C20H25NO2. The molecule has 0 atom stereocenters. The van der Waals surface area contributed by atoms with E-state index in [1.807, 2.05) is 38.1 Å². The molecule has 1 aromatic heterocycles. The zero-order valence-electron chi connectivity index (χ0n) is 14.2. The Morgan fingerprint density at radius 1 is 1.17 bits per heavy atom. The Morgan fingerprint density at radius 3 is 2.57 bits per heavy atom. The van der Waals surface area contributed by atoms with Crippen LogP contribution in [0.3, 0.4) is 0 Å². The van der Waals surface area contributed by atoms with Crippen LogP contribution in [0.1, 0.15) is 39.5 Å². The molecule has 1 heterocycles. The molecule has 1 aromatic carbocycles. The van der Waals surface area contributed by atoms with Gasteiger partial charge < -0.3 is 9.30 Å². The number of carbonyl (C=O) groups is 1. The van der Waals surface area contributed by atoms with Crippen LogP contribution in [0.5, 0.6) is 5.75 Å². The van der Waals surface area contributed by atoms with Gasteiger partial charge in [0.1, 0.15) is 11.3 Å². The van der Waals surface area contributed by atoms with Crippen LogP contribution in [0.25, 0.3) is 11.3 Å². The molecule has 0 spiro atoms. The lowest BCUT2D eigenvalue weighted by molar-refractivity contribution is -0.130. The summed E-state index contributed by atoms with van der Waals surface area (Å²) < 4.78 is 7.57. The zero-order chi connectivity index (χ0) is 16.4. The molecule has 0 saturated heterocycles. The largest absolute Gasteiger partial charge is 0.497 e. The van der Waals surface area contributed by atoms with E-state index >= 15 is 0 Å². The van der Waals surface area contributed by atoms with E-state index in [2.05, 4.69) is 22.9 Å². The fraction of sp³-hybridized carbons (Fsp3) is 0.450. The molecule has 0 amide bonds. The van der Waals surface area contributed by atoms with Gasteiger partial charge in [0.2, 0.25) is 0 Å². The predicted octanol–water partition coefficient (Wildman–Crippen LogP) is 4.66. The van der Waals surface area contributed by atoms with Crippen molar-refractivity contribution >= 4 is 5.78 Å². The maximum Gasteiger partial charge on any atom is 0.161 e. The average Bonchev–Trinajstić information content (AvgIpc) is 3.23. The molecule has 1 aliphatic carbocycles. The van der Waals surface area contributed by atoms with Gasteiger partial charge in [0.05, 0.1) is 7.11 Å². The van der Waals surface area contributed by atoms with Crippen molar-refractivity contribution in [2.45, 2.75) is 45.1 Å². The van der Waals surface area contributed by atoms with Crippen LogP contribution in [-0.2, 0) is 10.3 Å². The van der Waals surface area contributed by atoms with Crippen molar-refractivity contribution < 1.29 is 9.53 Å². The van der Waals surface area contributed by atoms with Gasteiger partial charge in [-0.3, -0.25) is 4.79 Å². The molecule has 1 aliphatic rings. The van der Waals surface area contributed by atoms with Crippen molar-refractivity contribution in [3.63, 3.8) is 0 Å². The lowest BCUT2D eigenvalue weighted by Gasteiger charge is -2.33. The monoisotopic (exact) mass is 311 g/mol. The fourth-order valence-electron chi connectivity index (χ4n) is 3.88. The summed E-state index contributed by atoms with van der Waals surface area (Å²) in [6.45, 7) is 4.02. The summed E-state index contributed by atoms with van der Waals surface area (Å²) >= 11 is 0. The van der Waals surface area contributed by atoms with E-state index in [0.29, 0.717) is 5.78 Å². The third kappa shape index (κ3) is 2.69. The van der Waals surface area contributed by atoms with Crippen LogP contribution in [-0.4, -0.2) is 17.5 Å². The smallest absolute Gasteiger partial charge is 0.161 e. The Balaban J connectivity index is 2.10. The number of Topliss-reactive ketones (excluding diaryl/α,β-unsaturated/α-hetero) is 1. The number of methoxy groups -OCH3 is 1. The van der Waals surface area contributed by atoms with Crippen molar-refractivity contribution in [2.75, 3.05) is 7.11 Å². The molecule has 3 nitrogen and oxygen atoms in total. The van der Waals surface area contributed by atoms with Crippen LogP contribution in [0.15, 0.2) is 42.6 Å². The molecule has 1 fully saturated rings. The van der Waals surface area contributed by atoms with Gasteiger partial charge in [-0.25, -0.2) is 0 Å². The van der Waals surface area contributed by atoms with Crippen molar-refractivity contribution in [2.24, 2.45) is 5.92 Å². The molecule has 0 unspecified atom stereocenters. The van der Waals surface area contributed by atoms with Crippen molar-refractivity contribution in [1.29, 1.82) is 0 Å². The molecular weight excluding hydrogens is 286 g/mol. The molecule has 2 aromatic rings. The number of nitrogens with zero attached hydrogens (tertiary/aromatic N) is 1. The molecule has 23 heavy (non-hydrogen) atoms. The molecule has 0 aliphatic heterocycles. The second kappa shape index (κ2) is 6.23.